The number of hydrogen-bond acceptors (Lipinski definition) is 5. The number of aromatic nitrogens is 3. The molecule has 0 radical (unpaired) electrons. The molecule has 7 heteroatoms. The normalized spacial score (nSPS) is 24.9. The predicted molar refractivity (Wildman–Crippen MR) is 63.7 cm³/mol. The summed E-state index contributed by atoms with van der Waals surface area (Å²) in [4.78, 5) is 17.8. The highest BCUT2D eigenvalue weighted by molar-refractivity contribution is 7.99. The van der Waals surface area contributed by atoms with Crippen molar-refractivity contribution in [1.82, 2.24) is 20.1 Å². The van der Waals surface area contributed by atoms with Crippen LogP contribution in [0, 0.1) is 0 Å². The van der Waals surface area contributed by atoms with Gasteiger partial charge in [-0.15, -0.1) is 0 Å². The fraction of sp³-hybridized carbons (Fsp3) is 0.700. The van der Waals surface area contributed by atoms with Gasteiger partial charge in [-0.3, -0.25) is 9.89 Å². The van der Waals surface area contributed by atoms with Crippen molar-refractivity contribution in [3.05, 3.63) is 6.33 Å². The van der Waals surface area contributed by atoms with Crippen LogP contribution in [0.25, 0.3) is 0 Å². The zero-order valence-electron chi connectivity index (χ0n) is 9.92. The van der Waals surface area contributed by atoms with Gasteiger partial charge in [0.1, 0.15) is 6.33 Å². The first-order valence-corrected chi connectivity index (χ1v) is 6.55. The number of aromatic amines is 1. The number of carbonyl (C=O) groups excluding carboxylic acids is 1. The fourth-order valence-corrected chi connectivity index (χ4v) is 2.55. The third-order valence-corrected chi connectivity index (χ3v) is 3.36. The zero-order valence-corrected chi connectivity index (χ0v) is 10.7. The summed E-state index contributed by atoms with van der Waals surface area (Å²) in [6, 6.07) is 0. The van der Waals surface area contributed by atoms with Crippen LogP contribution in [0.15, 0.2) is 11.5 Å². The molecule has 2 rings (SSSR count). The lowest BCUT2D eigenvalue weighted by Crippen LogP contribution is -2.48. The Bertz CT molecular complexity index is 360. The number of morpholine rings is 1. The van der Waals surface area contributed by atoms with Gasteiger partial charge in [-0.25, -0.2) is 4.98 Å². The van der Waals surface area contributed by atoms with E-state index in [1.165, 1.54) is 18.1 Å². The summed E-state index contributed by atoms with van der Waals surface area (Å²) < 4.78 is 5.59. The Morgan fingerprint density at radius 1 is 1.59 bits per heavy atom. The molecule has 0 saturated carbocycles. The summed E-state index contributed by atoms with van der Waals surface area (Å²) in [7, 11) is 0. The highest BCUT2D eigenvalue weighted by atomic mass is 32.2. The molecule has 1 aromatic rings. The van der Waals surface area contributed by atoms with Gasteiger partial charge in [0.25, 0.3) is 0 Å². The minimum Gasteiger partial charge on any atom is -0.372 e. The van der Waals surface area contributed by atoms with Crippen LogP contribution in [0.2, 0.25) is 0 Å². The molecule has 0 aliphatic carbocycles. The van der Waals surface area contributed by atoms with Gasteiger partial charge in [0, 0.05) is 13.1 Å². The van der Waals surface area contributed by atoms with Crippen LogP contribution < -0.4 is 0 Å². The Hall–Kier alpha value is -1.08. The molecule has 6 nitrogen and oxygen atoms in total. The van der Waals surface area contributed by atoms with Crippen molar-refractivity contribution in [1.29, 1.82) is 0 Å². The SMILES string of the molecule is CC1CN(C(=O)CSc2ncn[nH]2)CC(C)O1. The second-order valence-electron chi connectivity index (χ2n) is 4.14. The number of amides is 1. The first-order chi connectivity index (χ1) is 8.15. The summed E-state index contributed by atoms with van der Waals surface area (Å²) in [6.07, 6.45) is 1.65. The predicted octanol–water partition coefficient (Wildman–Crippen LogP) is 0.533. The van der Waals surface area contributed by atoms with Crippen molar-refractivity contribution in [2.24, 2.45) is 0 Å². The molecule has 1 N–H and O–H groups in total. The molecule has 94 valence electrons. The molecule has 1 saturated heterocycles. The maximum atomic E-state index is 12.0. The molecule has 1 aliphatic heterocycles. The Labute approximate surface area is 104 Å². The summed E-state index contributed by atoms with van der Waals surface area (Å²) in [5.41, 5.74) is 0. The fourth-order valence-electron chi connectivity index (χ4n) is 1.87. The van der Waals surface area contributed by atoms with E-state index in [2.05, 4.69) is 15.2 Å². The van der Waals surface area contributed by atoms with Gasteiger partial charge < -0.3 is 9.64 Å². The standard InChI is InChI=1S/C10H16N4O2S/c1-7-3-14(4-8(2)16-7)9(15)5-17-10-11-6-12-13-10/h6-8H,3-5H2,1-2H3,(H,11,12,13). The molecule has 1 fully saturated rings. The largest absolute Gasteiger partial charge is 0.372 e. The van der Waals surface area contributed by atoms with Crippen LogP contribution in [0.4, 0.5) is 0 Å². The van der Waals surface area contributed by atoms with Gasteiger partial charge in [0.05, 0.1) is 18.0 Å². The molecule has 0 bridgehead atoms. The van der Waals surface area contributed by atoms with Gasteiger partial charge in [0.15, 0.2) is 5.16 Å². The van der Waals surface area contributed by atoms with Crippen LogP contribution in [-0.2, 0) is 9.53 Å². The topological polar surface area (TPSA) is 71.1 Å². The quantitative estimate of drug-likeness (QED) is 0.799. The molecule has 2 atom stereocenters. The van der Waals surface area contributed by atoms with Crippen molar-refractivity contribution in [3.63, 3.8) is 0 Å². The Morgan fingerprint density at radius 2 is 2.29 bits per heavy atom. The molecule has 17 heavy (non-hydrogen) atoms. The van der Waals surface area contributed by atoms with Gasteiger partial charge in [-0.05, 0) is 13.8 Å². The van der Waals surface area contributed by atoms with Gasteiger partial charge >= 0.3 is 0 Å². The van der Waals surface area contributed by atoms with Gasteiger partial charge in [-0.2, -0.15) is 5.10 Å². The molecule has 2 unspecified atom stereocenters. The summed E-state index contributed by atoms with van der Waals surface area (Å²) in [5, 5.41) is 7.13. The number of nitrogens with zero attached hydrogens (tertiary/aromatic N) is 3. The molecule has 0 spiro atoms. The van der Waals surface area contributed by atoms with Crippen LogP contribution >= 0.6 is 11.8 Å². The van der Waals surface area contributed by atoms with E-state index in [4.69, 9.17) is 4.74 Å². The Balaban J connectivity index is 1.83. The van der Waals surface area contributed by atoms with E-state index < -0.39 is 0 Å². The monoisotopic (exact) mass is 256 g/mol. The second-order valence-corrected chi connectivity index (χ2v) is 5.10. The average Bonchev–Trinajstić information content (AvgIpc) is 2.77. The van der Waals surface area contributed by atoms with E-state index in [1.807, 2.05) is 18.7 Å². The van der Waals surface area contributed by atoms with Crippen molar-refractivity contribution in [2.75, 3.05) is 18.8 Å². The first kappa shape index (κ1) is 12.4. The lowest BCUT2D eigenvalue weighted by atomic mass is 10.2. The van der Waals surface area contributed by atoms with Crippen LogP contribution in [0.1, 0.15) is 13.8 Å². The summed E-state index contributed by atoms with van der Waals surface area (Å²) in [6.45, 7) is 5.30. The maximum Gasteiger partial charge on any atom is 0.233 e. The third kappa shape index (κ3) is 3.44. The number of thioether (sulfide) groups is 1. The zero-order chi connectivity index (χ0) is 12.3. The first-order valence-electron chi connectivity index (χ1n) is 5.56. The van der Waals surface area contributed by atoms with Crippen LogP contribution in [-0.4, -0.2) is 57.0 Å². The van der Waals surface area contributed by atoms with E-state index in [-0.39, 0.29) is 18.1 Å². The molecular formula is C10H16N4O2S. The van der Waals surface area contributed by atoms with E-state index in [1.54, 1.807) is 0 Å². The molecule has 1 amide bonds. The molecule has 1 aromatic heterocycles. The lowest BCUT2D eigenvalue weighted by molar-refractivity contribution is -0.140. The van der Waals surface area contributed by atoms with Crippen molar-refractivity contribution >= 4 is 17.7 Å². The highest BCUT2D eigenvalue weighted by Gasteiger charge is 2.25. The summed E-state index contributed by atoms with van der Waals surface area (Å²) >= 11 is 1.37. The number of ether oxygens (including phenoxy) is 1. The van der Waals surface area contributed by atoms with E-state index in [0.29, 0.717) is 24.0 Å². The number of H-pyrrole nitrogens is 1. The molecule has 2 heterocycles. The van der Waals surface area contributed by atoms with Crippen LogP contribution in [0.5, 0.6) is 0 Å². The van der Waals surface area contributed by atoms with Crippen molar-refractivity contribution in [3.8, 4) is 0 Å². The van der Waals surface area contributed by atoms with E-state index >= 15 is 0 Å². The number of rotatable bonds is 3. The Morgan fingerprint density at radius 3 is 2.88 bits per heavy atom. The van der Waals surface area contributed by atoms with E-state index in [0.717, 1.165) is 0 Å². The van der Waals surface area contributed by atoms with Gasteiger partial charge in [-0.1, -0.05) is 11.8 Å². The number of carbonyl (C=O) groups is 1. The minimum absolute atomic E-state index is 0.109. The molecule has 1 aliphatic rings. The van der Waals surface area contributed by atoms with Crippen LogP contribution in [0.3, 0.4) is 0 Å². The Kier molecular flexibility index (Phi) is 4.01. The maximum absolute atomic E-state index is 12.0. The van der Waals surface area contributed by atoms with Crippen molar-refractivity contribution < 1.29 is 9.53 Å². The molecular weight excluding hydrogens is 240 g/mol. The minimum atomic E-state index is 0.109. The third-order valence-electron chi connectivity index (χ3n) is 2.50. The van der Waals surface area contributed by atoms with Crippen molar-refractivity contribution in [2.45, 2.75) is 31.2 Å². The smallest absolute Gasteiger partial charge is 0.233 e. The average molecular weight is 256 g/mol. The number of hydrogen-bond donors (Lipinski definition) is 1. The second kappa shape index (κ2) is 5.50. The highest BCUT2D eigenvalue weighted by Crippen LogP contribution is 2.15. The van der Waals surface area contributed by atoms with E-state index in [9.17, 15) is 4.79 Å². The molecule has 0 aromatic carbocycles. The lowest BCUT2D eigenvalue weighted by Gasteiger charge is -2.35. The summed E-state index contributed by atoms with van der Waals surface area (Å²) in [5.74, 6) is 0.502. The number of nitrogens with one attached hydrogen (secondary N) is 1. The van der Waals surface area contributed by atoms with Gasteiger partial charge in [0.2, 0.25) is 5.91 Å².